The smallest absolute Gasteiger partial charge is 0.407 e. The first-order valence-corrected chi connectivity index (χ1v) is 4.64. The van der Waals surface area contributed by atoms with Crippen molar-refractivity contribution in [2.75, 3.05) is 0 Å². The standard InChI is InChI=1S/C11H10F3NO2/c12-11(13,14)10(15)8-4-2-1-3-7(8)5-6-9(16)17/h1-6,10H,15H2,(H,16,17)/b6-5+/t10-/m1/s1. The van der Waals surface area contributed by atoms with Gasteiger partial charge in [0, 0.05) is 6.08 Å². The second-order valence-corrected chi connectivity index (χ2v) is 3.32. The molecule has 1 aromatic rings. The van der Waals surface area contributed by atoms with Crippen molar-refractivity contribution < 1.29 is 23.1 Å². The number of alkyl halides is 3. The Hall–Kier alpha value is -1.82. The SMILES string of the molecule is N[C@H](c1ccccc1/C=C/C(=O)O)C(F)(F)F. The second-order valence-electron chi connectivity index (χ2n) is 3.32. The fourth-order valence-electron chi connectivity index (χ4n) is 1.28. The molecule has 3 N–H and O–H groups in total. The molecular weight excluding hydrogens is 235 g/mol. The molecule has 0 aliphatic carbocycles. The number of aliphatic carboxylic acids is 1. The molecule has 0 heterocycles. The molecule has 3 nitrogen and oxygen atoms in total. The summed E-state index contributed by atoms with van der Waals surface area (Å²) < 4.78 is 37.3. The van der Waals surface area contributed by atoms with Crippen LogP contribution in [0.4, 0.5) is 13.2 Å². The number of hydrogen-bond donors (Lipinski definition) is 2. The molecule has 0 aromatic heterocycles. The maximum absolute atomic E-state index is 12.4. The van der Waals surface area contributed by atoms with Crippen LogP contribution in [-0.2, 0) is 4.79 Å². The van der Waals surface area contributed by atoms with E-state index in [0.29, 0.717) is 0 Å². The number of hydrogen-bond acceptors (Lipinski definition) is 2. The Kier molecular flexibility index (Phi) is 3.90. The summed E-state index contributed by atoms with van der Waals surface area (Å²) in [5, 5.41) is 8.42. The van der Waals surface area contributed by atoms with Crippen molar-refractivity contribution in [1.82, 2.24) is 0 Å². The molecule has 0 aliphatic heterocycles. The minimum absolute atomic E-state index is 0.139. The van der Waals surface area contributed by atoms with Crippen LogP contribution < -0.4 is 5.73 Å². The van der Waals surface area contributed by atoms with Gasteiger partial charge in [-0.2, -0.15) is 13.2 Å². The summed E-state index contributed by atoms with van der Waals surface area (Å²) in [6.07, 6.45) is -2.71. The van der Waals surface area contributed by atoms with E-state index in [4.69, 9.17) is 10.8 Å². The van der Waals surface area contributed by atoms with Crippen molar-refractivity contribution in [3.05, 3.63) is 41.5 Å². The third kappa shape index (κ3) is 3.60. The van der Waals surface area contributed by atoms with Crippen molar-refractivity contribution in [1.29, 1.82) is 0 Å². The zero-order chi connectivity index (χ0) is 13.1. The minimum Gasteiger partial charge on any atom is -0.478 e. The van der Waals surface area contributed by atoms with Crippen LogP contribution in [0.1, 0.15) is 17.2 Å². The van der Waals surface area contributed by atoms with Gasteiger partial charge in [-0.1, -0.05) is 24.3 Å². The lowest BCUT2D eigenvalue weighted by Gasteiger charge is -2.17. The summed E-state index contributed by atoms with van der Waals surface area (Å²) in [7, 11) is 0. The van der Waals surface area contributed by atoms with E-state index < -0.39 is 18.2 Å². The van der Waals surface area contributed by atoms with Crippen molar-refractivity contribution in [2.45, 2.75) is 12.2 Å². The van der Waals surface area contributed by atoms with Gasteiger partial charge in [0.25, 0.3) is 0 Å². The first-order chi connectivity index (χ1) is 7.82. The van der Waals surface area contributed by atoms with E-state index in [1.807, 2.05) is 0 Å². The van der Waals surface area contributed by atoms with Gasteiger partial charge in [-0.15, -0.1) is 0 Å². The Balaban J connectivity index is 3.12. The molecule has 17 heavy (non-hydrogen) atoms. The molecule has 0 saturated heterocycles. The van der Waals surface area contributed by atoms with Gasteiger partial charge < -0.3 is 10.8 Å². The van der Waals surface area contributed by atoms with Crippen LogP contribution in [0, 0.1) is 0 Å². The van der Waals surface area contributed by atoms with Gasteiger partial charge in [-0.3, -0.25) is 0 Å². The van der Waals surface area contributed by atoms with Gasteiger partial charge >= 0.3 is 12.1 Å². The molecule has 0 aliphatic rings. The highest BCUT2D eigenvalue weighted by Gasteiger charge is 2.38. The largest absolute Gasteiger partial charge is 0.478 e. The predicted octanol–water partition coefficient (Wildman–Crippen LogP) is 2.35. The summed E-state index contributed by atoms with van der Waals surface area (Å²) >= 11 is 0. The van der Waals surface area contributed by atoms with Crippen LogP contribution in [0.3, 0.4) is 0 Å². The van der Waals surface area contributed by atoms with Crippen molar-refractivity contribution >= 4 is 12.0 Å². The molecule has 92 valence electrons. The maximum atomic E-state index is 12.4. The van der Waals surface area contributed by atoms with Crippen molar-refractivity contribution in [3.63, 3.8) is 0 Å². The van der Waals surface area contributed by atoms with E-state index >= 15 is 0 Å². The fourth-order valence-corrected chi connectivity index (χ4v) is 1.28. The Labute approximate surface area is 95.4 Å². The van der Waals surface area contributed by atoms with Crippen LogP contribution in [0.2, 0.25) is 0 Å². The lowest BCUT2D eigenvalue weighted by Crippen LogP contribution is -2.29. The number of carbonyl (C=O) groups is 1. The molecule has 1 aromatic carbocycles. The molecule has 1 rings (SSSR count). The Morgan fingerprint density at radius 1 is 1.35 bits per heavy atom. The van der Waals surface area contributed by atoms with Crippen LogP contribution in [0.25, 0.3) is 6.08 Å². The Morgan fingerprint density at radius 2 is 1.94 bits per heavy atom. The highest BCUT2D eigenvalue weighted by atomic mass is 19.4. The van der Waals surface area contributed by atoms with Crippen LogP contribution in [-0.4, -0.2) is 17.3 Å². The Morgan fingerprint density at radius 3 is 2.47 bits per heavy atom. The highest BCUT2D eigenvalue weighted by Crippen LogP contribution is 2.32. The summed E-state index contributed by atoms with van der Waals surface area (Å²) in [6.45, 7) is 0. The molecule has 0 radical (unpaired) electrons. The van der Waals surface area contributed by atoms with Crippen molar-refractivity contribution in [2.24, 2.45) is 5.73 Å². The van der Waals surface area contributed by atoms with Gasteiger partial charge in [0.1, 0.15) is 6.04 Å². The molecule has 0 bridgehead atoms. The number of rotatable bonds is 3. The van der Waals surface area contributed by atoms with E-state index in [2.05, 4.69) is 0 Å². The normalized spacial score (nSPS) is 13.9. The molecule has 0 unspecified atom stereocenters. The zero-order valence-electron chi connectivity index (χ0n) is 8.61. The lowest BCUT2D eigenvalue weighted by atomic mass is 10.00. The quantitative estimate of drug-likeness (QED) is 0.803. The fraction of sp³-hybridized carbons (Fsp3) is 0.182. The van der Waals surface area contributed by atoms with Crippen LogP contribution in [0.5, 0.6) is 0 Å². The Bertz CT molecular complexity index is 441. The van der Waals surface area contributed by atoms with Gasteiger partial charge in [-0.05, 0) is 17.2 Å². The van der Waals surface area contributed by atoms with Gasteiger partial charge in [0.2, 0.25) is 0 Å². The molecule has 0 amide bonds. The molecule has 0 saturated carbocycles. The summed E-state index contributed by atoms with van der Waals surface area (Å²) in [5.41, 5.74) is 5.06. The number of carboxylic acid groups (broad SMARTS) is 1. The van der Waals surface area contributed by atoms with Gasteiger partial charge in [0.15, 0.2) is 0 Å². The number of nitrogens with two attached hydrogens (primary N) is 1. The van der Waals surface area contributed by atoms with Gasteiger partial charge in [0.05, 0.1) is 0 Å². The average Bonchev–Trinajstić information content (AvgIpc) is 2.24. The van der Waals surface area contributed by atoms with Crippen LogP contribution >= 0.6 is 0 Å². The summed E-state index contributed by atoms with van der Waals surface area (Å²) in [4.78, 5) is 10.3. The third-order valence-electron chi connectivity index (χ3n) is 2.09. The second kappa shape index (κ2) is 5.01. The van der Waals surface area contributed by atoms with Crippen molar-refractivity contribution in [3.8, 4) is 0 Å². The number of halogens is 3. The number of carboxylic acids is 1. The maximum Gasteiger partial charge on any atom is 0.407 e. The topological polar surface area (TPSA) is 63.3 Å². The number of benzene rings is 1. The van der Waals surface area contributed by atoms with E-state index in [-0.39, 0.29) is 11.1 Å². The van der Waals surface area contributed by atoms with Gasteiger partial charge in [-0.25, -0.2) is 4.79 Å². The molecule has 0 fully saturated rings. The van der Waals surface area contributed by atoms with Crippen LogP contribution in [0.15, 0.2) is 30.3 Å². The molecule has 6 heteroatoms. The van der Waals surface area contributed by atoms with E-state index in [9.17, 15) is 18.0 Å². The minimum atomic E-state index is -4.56. The third-order valence-corrected chi connectivity index (χ3v) is 2.09. The predicted molar refractivity (Wildman–Crippen MR) is 56.1 cm³/mol. The summed E-state index contributed by atoms with van der Waals surface area (Å²) in [5.74, 6) is -1.24. The van der Waals surface area contributed by atoms with E-state index in [0.717, 1.165) is 12.2 Å². The summed E-state index contributed by atoms with van der Waals surface area (Å²) in [6, 6.07) is 3.39. The highest BCUT2D eigenvalue weighted by molar-refractivity contribution is 5.85. The lowest BCUT2D eigenvalue weighted by molar-refractivity contribution is -0.149. The monoisotopic (exact) mass is 245 g/mol. The zero-order valence-corrected chi connectivity index (χ0v) is 8.61. The first-order valence-electron chi connectivity index (χ1n) is 4.64. The van der Waals surface area contributed by atoms with E-state index in [1.54, 1.807) is 0 Å². The molecule has 0 spiro atoms. The molecule has 1 atom stereocenters. The average molecular weight is 245 g/mol. The van der Waals surface area contributed by atoms with E-state index in [1.165, 1.54) is 24.3 Å². The molecular formula is C11H10F3NO2. The first kappa shape index (κ1) is 13.2.